The Hall–Kier alpha value is -0.160. The second kappa shape index (κ2) is 3.92. The van der Waals surface area contributed by atoms with Crippen LogP contribution in [0.4, 0.5) is 0 Å². The molecule has 2 rings (SSSR count). The first kappa shape index (κ1) is 9.40. The van der Waals surface area contributed by atoms with Crippen molar-refractivity contribution in [2.45, 2.75) is 37.3 Å². The molecule has 0 amide bonds. The van der Waals surface area contributed by atoms with Crippen molar-refractivity contribution in [1.29, 1.82) is 0 Å². The molecule has 0 aromatic heterocycles. The maximum Gasteiger partial charge on any atom is 0.115 e. The Morgan fingerprint density at radius 3 is 2.92 bits per heavy atom. The van der Waals surface area contributed by atoms with Crippen molar-refractivity contribution >= 4 is 0 Å². The van der Waals surface area contributed by atoms with Crippen LogP contribution in [0.1, 0.15) is 12.8 Å². The van der Waals surface area contributed by atoms with E-state index in [2.05, 4.69) is 0 Å². The zero-order valence-electron chi connectivity index (χ0n) is 7.81. The summed E-state index contributed by atoms with van der Waals surface area (Å²) in [5, 5.41) is 9.71. The summed E-state index contributed by atoms with van der Waals surface area (Å²) >= 11 is 0. The summed E-state index contributed by atoms with van der Waals surface area (Å²) in [5.74, 6) is 0. The Bertz CT molecular complexity index is 173. The Morgan fingerprint density at radius 1 is 1.31 bits per heavy atom. The van der Waals surface area contributed by atoms with Gasteiger partial charge >= 0.3 is 0 Å². The van der Waals surface area contributed by atoms with Crippen LogP contribution < -0.4 is 0 Å². The second-order valence-electron chi connectivity index (χ2n) is 3.62. The van der Waals surface area contributed by atoms with Crippen molar-refractivity contribution in [2.75, 3.05) is 20.3 Å². The van der Waals surface area contributed by atoms with Crippen molar-refractivity contribution in [3.8, 4) is 0 Å². The Labute approximate surface area is 77.8 Å². The van der Waals surface area contributed by atoms with E-state index < -0.39 is 6.10 Å². The van der Waals surface area contributed by atoms with E-state index in [0.29, 0.717) is 13.2 Å². The summed E-state index contributed by atoms with van der Waals surface area (Å²) in [6.07, 6.45) is 0.978. The molecule has 2 heterocycles. The van der Waals surface area contributed by atoms with Crippen LogP contribution in [0.5, 0.6) is 0 Å². The maximum absolute atomic E-state index is 9.71. The van der Waals surface area contributed by atoms with Gasteiger partial charge < -0.3 is 19.3 Å². The molecule has 1 N–H and O–H groups in total. The van der Waals surface area contributed by atoms with Gasteiger partial charge in [-0.05, 0) is 12.8 Å². The molecule has 0 saturated carbocycles. The third-order valence-corrected chi connectivity index (χ3v) is 2.78. The van der Waals surface area contributed by atoms with E-state index in [1.54, 1.807) is 7.11 Å². The van der Waals surface area contributed by atoms with Gasteiger partial charge in [0.2, 0.25) is 0 Å². The number of aliphatic hydroxyl groups excluding tert-OH is 1. The van der Waals surface area contributed by atoms with Crippen LogP contribution in [0.15, 0.2) is 0 Å². The molecule has 4 nitrogen and oxygen atoms in total. The topological polar surface area (TPSA) is 47.9 Å². The lowest BCUT2D eigenvalue weighted by atomic mass is 10.0. The standard InChI is InChI=1S/C9H16O4/c1-11-7-5-13-8-6(10)3-2-4-12-9(7)8/h6-10H,2-5H2,1H3/t6-,7-,8-,9?/m1/s1. The molecule has 0 spiro atoms. The van der Waals surface area contributed by atoms with Gasteiger partial charge in [0, 0.05) is 13.7 Å². The average molecular weight is 188 g/mol. The lowest BCUT2D eigenvalue weighted by Crippen LogP contribution is -2.39. The highest BCUT2D eigenvalue weighted by Gasteiger charge is 2.43. The quantitative estimate of drug-likeness (QED) is 0.626. The Morgan fingerprint density at radius 2 is 2.15 bits per heavy atom. The molecule has 0 radical (unpaired) electrons. The number of fused-ring (bicyclic) bond motifs is 1. The number of hydrogen-bond donors (Lipinski definition) is 1. The van der Waals surface area contributed by atoms with Crippen LogP contribution >= 0.6 is 0 Å². The van der Waals surface area contributed by atoms with Crippen LogP contribution in [0.25, 0.3) is 0 Å². The largest absolute Gasteiger partial charge is 0.390 e. The van der Waals surface area contributed by atoms with Crippen LogP contribution in [0, 0.1) is 0 Å². The molecule has 0 aromatic rings. The maximum atomic E-state index is 9.71. The molecule has 4 heteroatoms. The molecule has 13 heavy (non-hydrogen) atoms. The van der Waals surface area contributed by atoms with E-state index in [-0.39, 0.29) is 18.3 Å². The predicted octanol–water partition coefficient (Wildman–Crippen LogP) is -0.0599. The molecule has 0 bridgehead atoms. The predicted molar refractivity (Wildman–Crippen MR) is 45.5 cm³/mol. The number of aliphatic hydroxyl groups is 1. The second-order valence-corrected chi connectivity index (χ2v) is 3.62. The first-order chi connectivity index (χ1) is 6.33. The summed E-state index contributed by atoms with van der Waals surface area (Å²) in [7, 11) is 1.65. The van der Waals surface area contributed by atoms with E-state index >= 15 is 0 Å². The molecular weight excluding hydrogens is 172 g/mol. The molecular formula is C9H16O4. The fourth-order valence-electron chi connectivity index (χ4n) is 2.02. The number of ether oxygens (including phenoxy) is 3. The smallest absolute Gasteiger partial charge is 0.115 e. The van der Waals surface area contributed by atoms with Gasteiger partial charge in [-0.15, -0.1) is 0 Å². The van der Waals surface area contributed by atoms with E-state index in [9.17, 15) is 5.11 Å². The monoisotopic (exact) mass is 188 g/mol. The SMILES string of the molecule is CO[C@@H]1CO[C@H]2C1OCCC[C@H]2O. The zero-order chi connectivity index (χ0) is 9.26. The molecule has 2 aliphatic rings. The first-order valence-corrected chi connectivity index (χ1v) is 4.77. The van der Waals surface area contributed by atoms with Gasteiger partial charge in [-0.1, -0.05) is 0 Å². The fraction of sp³-hybridized carbons (Fsp3) is 1.00. The van der Waals surface area contributed by atoms with Crippen molar-refractivity contribution < 1.29 is 19.3 Å². The molecule has 0 aliphatic carbocycles. The molecule has 2 aliphatic heterocycles. The van der Waals surface area contributed by atoms with Crippen molar-refractivity contribution in [3.63, 3.8) is 0 Å². The lowest BCUT2D eigenvalue weighted by Gasteiger charge is -2.21. The summed E-state index contributed by atoms with van der Waals surface area (Å²) in [4.78, 5) is 0. The number of hydrogen-bond acceptors (Lipinski definition) is 4. The minimum Gasteiger partial charge on any atom is -0.390 e. The highest BCUT2D eigenvalue weighted by Crippen LogP contribution is 2.27. The summed E-state index contributed by atoms with van der Waals surface area (Å²) in [6.45, 7) is 1.23. The van der Waals surface area contributed by atoms with Crippen molar-refractivity contribution in [1.82, 2.24) is 0 Å². The fourth-order valence-corrected chi connectivity index (χ4v) is 2.02. The normalized spacial score (nSPS) is 45.7. The summed E-state index contributed by atoms with van der Waals surface area (Å²) < 4.78 is 16.3. The van der Waals surface area contributed by atoms with Gasteiger partial charge in [0.25, 0.3) is 0 Å². The van der Waals surface area contributed by atoms with Gasteiger partial charge in [-0.3, -0.25) is 0 Å². The van der Waals surface area contributed by atoms with Crippen LogP contribution in [-0.4, -0.2) is 49.8 Å². The Kier molecular flexibility index (Phi) is 2.83. The van der Waals surface area contributed by atoms with Gasteiger partial charge in [0.15, 0.2) is 0 Å². The molecule has 2 saturated heterocycles. The first-order valence-electron chi connectivity index (χ1n) is 4.77. The minimum absolute atomic E-state index is 0.0160. The van der Waals surface area contributed by atoms with E-state index in [4.69, 9.17) is 14.2 Å². The lowest BCUT2D eigenvalue weighted by molar-refractivity contribution is -0.0666. The van der Waals surface area contributed by atoms with Crippen molar-refractivity contribution in [2.24, 2.45) is 0 Å². The highest BCUT2D eigenvalue weighted by molar-refractivity contribution is 4.91. The van der Waals surface area contributed by atoms with Crippen LogP contribution in [0.2, 0.25) is 0 Å². The van der Waals surface area contributed by atoms with E-state index in [1.165, 1.54) is 0 Å². The molecule has 1 unspecified atom stereocenters. The molecule has 0 aromatic carbocycles. The number of rotatable bonds is 1. The van der Waals surface area contributed by atoms with E-state index in [1.807, 2.05) is 0 Å². The summed E-state index contributed by atoms with van der Waals surface area (Å²) in [5.41, 5.74) is 0. The van der Waals surface area contributed by atoms with Gasteiger partial charge in [-0.2, -0.15) is 0 Å². The van der Waals surface area contributed by atoms with Gasteiger partial charge in [0.1, 0.15) is 18.3 Å². The zero-order valence-corrected chi connectivity index (χ0v) is 7.81. The minimum atomic E-state index is -0.396. The Balaban J connectivity index is 2.06. The van der Waals surface area contributed by atoms with Crippen LogP contribution in [-0.2, 0) is 14.2 Å². The highest BCUT2D eigenvalue weighted by atomic mass is 16.6. The number of methoxy groups -OCH3 is 1. The molecule has 2 fully saturated rings. The van der Waals surface area contributed by atoms with E-state index in [0.717, 1.165) is 12.8 Å². The molecule has 4 atom stereocenters. The third kappa shape index (κ3) is 1.72. The average Bonchev–Trinajstić information content (AvgIpc) is 2.47. The third-order valence-electron chi connectivity index (χ3n) is 2.78. The van der Waals surface area contributed by atoms with Crippen LogP contribution in [0.3, 0.4) is 0 Å². The van der Waals surface area contributed by atoms with Gasteiger partial charge in [0.05, 0.1) is 12.7 Å². The van der Waals surface area contributed by atoms with Gasteiger partial charge in [-0.25, -0.2) is 0 Å². The van der Waals surface area contributed by atoms with Crippen molar-refractivity contribution in [3.05, 3.63) is 0 Å². The summed E-state index contributed by atoms with van der Waals surface area (Å²) in [6, 6.07) is 0. The molecule has 76 valence electrons.